The third-order valence-electron chi connectivity index (χ3n) is 6.04. The first-order valence-corrected chi connectivity index (χ1v) is 10.6. The van der Waals surface area contributed by atoms with Crippen LogP contribution >= 0.6 is 0 Å². The second kappa shape index (κ2) is 7.98. The molecular weight excluding hydrogens is 390 g/mol. The molecule has 2 N–H and O–H groups in total. The lowest BCUT2D eigenvalue weighted by molar-refractivity contribution is -0.142. The first kappa shape index (κ1) is 21.3. The van der Waals surface area contributed by atoms with Crippen LogP contribution in [-0.2, 0) is 15.1 Å². The van der Waals surface area contributed by atoms with Crippen LogP contribution in [0.2, 0.25) is 0 Å². The van der Waals surface area contributed by atoms with Gasteiger partial charge in [-0.05, 0) is 57.4 Å². The van der Waals surface area contributed by atoms with Crippen LogP contribution in [0.15, 0.2) is 60.2 Å². The summed E-state index contributed by atoms with van der Waals surface area (Å²) in [6.45, 7) is 6.21. The Morgan fingerprint density at radius 1 is 1.23 bits per heavy atom. The number of anilines is 1. The molecule has 2 aromatic carbocycles. The van der Waals surface area contributed by atoms with E-state index in [1.165, 1.54) is 12.7 Å². The van der Waals surface area contributed by atoms with Gasteiger partial charge in [-0.15, -0.1) is 0 Å². The monoisotopic (exact) mass is 419 g/mol. The Bertz CT molecular complexity index is 1050. The van der Waals surface area contributed by atoms with Gasteiger partial charge in [0.2, 0.25) is 0 Å². The number of fused-ring (bicyclic) bond motifs is 3. The summed E-state index contributed by atoms with van der Waals surface area (Å²) >= 11 is 0. The Kier molecular flexibility index (Phi) is 5.50. The molecule has 3 atom stereocenters. The Morgan fingerprint density at radius 2 is 1.97 bits per heavy atom. The Hall–Kier alpha value is -2.89. The summed E-state index contributed by atoms with van der Waals surface area (Å²) in [5.74, 6) is 0.187. The topological polar surface area (TPSA) is 67.8 Å². The fourth-order valence-corrected chi connectivity index (χ4v) is 4.42. The highest BCUT2D eigenvalue weighted by molar-refractivity contribution is 6.00. The fourth-order valence-electron chi connectivity index (χ4n) is 4.42. The lowest BCUT2D eigenvalue weighted by Crippen LogP contribution is -2.53. The van der Waals surface area contributed by atoms with E-state index in [-0.39, 0.29) is 5.91 Å². The van der Waals surface area contributed by atoms with Crippen LogP contribution in [0.1, 0.15) is 50.3 Å². The van der Waals surface area contributed by atoms with Crippen LogP contribution in [0.25, 0.3) is 6.08 Å². The number of methoxy groups -OCH3 is 1. The highest BCUT2D eigenvalue weighted by Crippen LogP contribution is 2.50. The number of hydrogen-bond acceptors (Lipinski definition) is 4. The minimum atomic E-state index is -1.69. The summed E-state index contributed by atoms with van der Waals surface area (Å²) in [4.78, 5) is 12.8. The quantitative estimate of drug-likeness (QED) is 0.683. The highest BCUT2D eigenvalue weighted by atomic mass is 16.5. The van der Waals surface area contributed by atoms with Crippen LogP contribution < -0.4 is 10.1 Å². The maximum atomic E-state index is 12.8. The van der Waals surface area contributed by atoms with Gasteiger partial charge in [-0.1, -0.05) is 48.1 Å². The molecule has 2 aliphatic rings. The van der Waals surface area contributed by atoms with E-state index in [9.17, 15) is 9.90 Å². The normalized spacial score (nSPS) is 26.4. The van der Waals surface area contributed by atoms with Gasteiger partial charge in [0, 0.05) is 12.7 Å². The maximum absolute atomic E-state index is 12.8. The average Bonchev–Trinajstić information content (AvgIpc) is 2.73. The van der Waals surface area contributed by atoms with Gasteiger partial charge in [-0.2, -0.15) is 0 Å². The molecule has 0 bridgehead atoms. The van der Waals surface area contributed by atoms with Crippen molar-refractivity contribution in [1.29, 1.82) is 0 Å². The molecule has 0 saturated carbocycles. The molecule has 2 aliphatic heterocycles. The van der Waals surface area contributed by atoms with E-state index in [0.717, 1.165) is 18.4 Å². The van der Waals surface area contributed by atoms with Crippen molar-refractivity contribution in [3.05, 3.63) is 76.9 Å². The lowest BCUT2D eigenvalue weighted by atomic mass is 9.76. The molecule has 2 heterocycles. The zero-order chi connectivity index (χ0) is 22.2. The third kappa shape index (κ3) is 3.68. The molecule has 0 aliphatic carbocycles. The number of nitrogens with one attached hydrogen (secondary N) is 1. The van der Waals surface area contributed by atoms with Crippen LogP contribution in [0.5, 0.6) is 5.75 Å². The summed E-state index contributed by atoms with van der Waals surface area (Å²) in [6.07, 6.45) is 6.86. The summed E-state index contributed by atoms with van der Waals surface area (Å²) in [7, 11) is 1.43. The van der Waals surface area contributed by atoms with E-state index >= 15 is 0 Å². The molecule has 1 amide bonds. The number of rotatable bonds is 5. The summed E-state index contributed by atoms with van der Waals surface area (Å²) in [6, 6.07) is 12.9. The predicted octanol–water partition coefficient (Wildman–Crippen LogP) is 4.80. The first-order chi connectivity index (χ1) is 14.8. The van der Waals surface area contributed by atoms with Gasteiger partial charge in [-0.25, -0.2) is 0 Å². The van der Waals surface area contributed by atoms with Gasteiger partial charge < -0.3 is 19.9 Å². The average molecular weight is 420 g/mol. The van der Waals surface area contributed by atoms with Crippen molar-refractivity contribution in [2.75, 3.05) is 12.4 Å². The molecule has 0 aromatic heterocycles. The Morgan fingerprint density at radius 3 is 2.65 bits per heavy atom. The van der Waals surface area contributed by atoms with Crippen molar-refractivity contribution >= 4 is 17.7 Å². The summed E-state index contributed by atoms with van der Waals surface area (Å²) in [5.41, 5.74) is 1.55. The molecule has 0 unspecified atom stereocenters. The number of ether oxygens (including phenoxy) is 2. The molecule has 0 spiro atoms. The van der Waals surface area contributed by atoms with Gasteiger partial charge in [0.1, 0.15) is 11.4 Å². The predicted molar refractivity (Wildman–Crippen MR) is 122 cm³/mol. The van der Waals surface area contributed by atoms with Crippen molar-refractivity contribution < 1.29 is 19.4 Å². The van der Waals surface area contributed by atoms with Gasteiger partial charge in [0.05, 0.1) is 11.3 Å². The number of carbonyl (C=O) groups is 1. The first-order valence-electron chi connectivity index (χ1n) is 10.6. The molecule has 0 saturated heterocycles. The van der Waals surface area contributed by atoms with Crippen LogP contribution in [0.4, 0.5) is 5.69 Å². The minimum Gasteiger partial charge on any atom is -0.482 e. The third-order valence-corrected chi connectivity index (χ3v) is 6.04. The molecule has 0 fully saturated rings. The van der Waals surface area contributed by atoms with Crippen molar-refractivity contribution in [2.45, 2.75) is 50.9 Å². The van der Waals surface area contributed by atoms with E-state index in [1.807, 2.05) is 43.3 Å². The van der Waals surface area contributed by atoms with Gasteiger partial charge >= 0.3 is 0 Å². The molecule has 5 nitrogen and oxygen atoms in total. The number of amides is 1. The van der Waals surface area contributed by atoms with E-state index in [2.05, 4.69) is 31.3 Å². The molecule has 162 valence electrons. The molecule has 31 heavy (non-hydrogen) atoms. The van der Waals surface area contributed by atoms with Crippen molar-refractivity contribution in [3.63, 3.8) is 0 Å². The van der Waals surface area contributed by atoms with Gasteiger partial charge in [-0.3, -0.25) is 4.79 Å². The van der Waals surface area contributed by atoms with E-state index in [1.54, 1.807) is 12.1 Å². The van der Waals surface area contributed by atoms with E-state index in [4.69, 9.17) is 9.47 Å². The Labute approximate surface area is 183 Å². The van der Waals surface area contributed by atoms with E-state index in [0.29, 0.717) is 22.6 Å². The number of hydrogen-bond donors (Lipinski definition) is 2. The highest BCUT2D eigenvalue weighted by Gasteiger charge is 2.52. The van der Waals surface area contributed by atoms with Crippen LogP contribution in [0.3, 0.4) is 0 Å². The largest absolute Gasteiger partial charge is 0.482 e. The Balaban J connectivity index is 1.87. The smallest absolute Gasteiger partial charge is 0.257 e. The molecule has 0 radical (unpaired) electrons. The second-order valence-electron chi connectivity index (χ2n) is 8.71. The standard InChI is InChI=1S/C26H29NO4/c1-17(2)9-8-15-25(3)16-14-18-12-13-20-21(22(18)31-25)26(29,19-10-6-5-7-11-19)23(30-4)24(28)27-20/h5-7,9-14,16,23,29H,8,15H2,1-4H3,(H,27,28)/t23-,25-,26+/m1/s1. The van der Waals surface area contributed by atoms with Crippen LogP contribution in [-0.4, -0.2) is 29.8 Å². The number of allylic oxidation sites excluding steroid dienone is 2. The van der Waals surface area contributed by atoms with Crippen molar-refractivity contribution in [1.82, 2.24) is 0 Å². The summed E-state index contributed by atoms with van der Waals surface area (Å²) < 4.78 is 12.1. The molecular formula is C26H29NO4. The fraction of sp³-hybridized carbons (Fsp3) is 0.346. The minimum absolute atomic E-state index is 0.390. The zero-order valence-electron chi connectivity index (χ0n) is 18.4. The second-order valence-corrected chi connectivity index (χ2v) is 8.71. The number of aliphatic hydroxyl groups is 1. The van der Waals surface area contributed by atoms with E-state index < -0.39 is 17.3 Å². The number of carbonyl (C=O) groups excluding carboxylic acids is 1. The molecule has 2 aromatic rings. The summed E-state index contributed by atoms with van der Waals surface area (Å²) in [5, 5.41) is 15.0. The lowest BCUT2D eigenvalue weighted by Gasteiger charge is -2.43. The number of benzene rings is 2. The molecule has 5 heteroatoms. The van der Waals surface area contributed by atoms with Crippen molar-refractivity contribution in [3.8, 4) is 5.75 Å². The van der Waals surface area contributed by atoms with Crippen LogP contribution in [0, 0.1) is 0 Å². The van der Waals surface area contributed by atoms with Gasteiger partial charge in [0.15, 0.2) is 11.7 Å². The SMILES string of the molecule is CO[C@@H]1C(=O)Nc2ccc3c(c2[C@@]1(O)c1ccccc1)O[C@](C)(CCC=C(C)C)C=C3. The zero-order valence-corrected chi connectivity index (χ0v) is 18.4. The van der Waals surface area contributed by atoms with Crippen molar-refractivity contribution in [2.24, 2.45) is 0 Å². The maximum Gasteiger partial charge on any atom is 0.257 e. The molecule has 4 rings (SSSR count). The van der Waals surface area contributed by atoms with Gasteiger partial charge in [0.25, 0.3) is 5.91 Å².